The van der Waals surface area contributed by atoms with Gasteiger partial charge in [0.15, 0.2) is 0 Å². The van der Waals surface area contributed by atoms with Crippen LogP contribution < -0.4 is 15.7 Å². The third-order valence-corrected chi connectivity index (χ3v) is 4.46. The third kappa shape index (κ3) is 4.77. The number of H-pyrrole nitrogens is 1. The smallest absolute Gasteiger partial charge is 0.346 e. The highest BCUT2D eigenvalue weighted by atomic mass is 35.5. The maximum atomic E-state index is 12.2. The van der Waals surface area contributed by atoms with E-state index in [0.29, 0.717) is 22.2 Å². The number of hydrogen-bond acceptors (Lipinski definition) is 7. The Morgan fingerprint density at radius 1 is 1.35 bits per heavy atom. The van der Waals surface area contributed by atoms with Gasteiger partial charge in [0.05, 0.1) is 25.7 Å². The number of halogens is 1. The first-order valence-corrected chi connectivity index (χ1v) is 8.67. The van der Waals surface area contributed by atoms with Crippen molar-refractivity contribution in [2.24, 2.45) is 0 Å². The molecule has 2 N–H and O–H groups in total. The molecule has 2 aromatic rings. The van der Waals surface area contributed by atoms with Gasteiger partial charge in [0.2, 0.25) is 5.91 Å². The maximum absolute atomic E-state index is 12.2. The second-order valence-corrected chi connectivity index (χ2v) is 6.42. The summed E-state index contributed by atoms with van der Waals surface area (Å²) in [5.41, 5.74) is 0.227. The Bertz CT molecular complexity index is 900. The summed E-state index contributed by atoms with van der Waals surface area (Å²) in [6.45, 7) is 1.55. The number of benzene rings is 1. The summed E-state index contributed by atoms with van der Waals surface area (Å²) in [6, 6.07) is 4.82. The third-order valence-electron chi connectivity index (χ3n) is 3.25. The highest BCUT2D eigenvalue weighted by Gasteiger charge is 2.19. The monoisotopic (exact) mass is 397 g/mol. The fourth-order valence-electron chi connectivity index (χ4n) is 2.10. The molecule has 8 nitrogen and oxygen atoms in total. The molecule has 0 fully saturated rings. The normalized spacial score (nSPS) is 10.3. The number of rotatable bonds is 6. The van der Waals surface area contributed by atoms with E-state index in [2.05, 4.69) is 15.3 Å². The van der Waals surface area contributed by atoms with Crippen LogP contribution in [0.15, 0.2) is 28.0 Å². The number of thioether (sulfide) groups is 1. The lowest BCUT2D eigenvalue weighted by molar-refractivity contribution is -0.113. The van der Waals surface area contributed by atoms with Gasteiger partial charge in [0, 0.05) is 10.7 Å². The lowest BCUT2D eigenvalue weighted by atomic mass is 10.2. The average Bonchev–Trinajstić information content (AvgIpc) is 2.59. The molecule has 0 radical (unpaired) electrons. The van der Waals surface area contributed by atoms with Crippen molar-refractivity contribution in [3.8, 4) is 5.75 Å². The number of anilines is 1. The number of amides is 1. The van der Waals surface area contributed by atoms with Crippen LogP contribution in [-0.4, -0.2) is 41.8 Å². The molecule has 2 rings (SSSR count). The van der Waals surface area contributed by atoms with Crippen molar-refractivity contribution in [3.63, 3.8) is 0 Å². The zero-order valence-electron chi connectivity index (χ0n) is 14.2. The van der Waals surface area contributed by atoms with Crippen molar-refractivity contribution in [1.82, 2.24) is 9.97 Å². The molecule has 0 bridgehead atoms. The number of aromatic nitrogens is 2. The molecular weight excluding hydrogens is 382 g/mol. The topological polar surface area (TPSA) is 110 Å². The van der Waals surface area contributed by atoms with E-state index < -0.39 is 11.7 Å². The summed E-state index contributed by atoms with van der Waals surface area (Å²) in [4.78, 5) is 41.9. The molecule has 1 amide bonds. The predicted octanol–water partition coefficient (Wildman–Crippen LogP) is 2.26. The van der Waals surface area contributed by atoms with Crippen LogP contribution in [0.25, 0.3) is 0 Å². The number of aromatic amines is 1. The van der Waals surface area contributed by atoms with Crippen LogP contribution in [0.1, 0.15) is 16.1 Å². The van der Waals surface area contributed by atoms with E-state index in [-0.39, 0.29) is 22.2 Å². The van der Waals surface area contributed by atoms with E-state index in [1.807, 2.05) is 0 Å². The summed E-state index contributed by atoms with van der Waals surface area (Å²) in [7, 11) is 2.69. The molecule has 0 aliphatic rings. The molecule has 10 heteroatoms. The number of esters is 1. The van der Waals surface area contributed by atoms with Crippen LogP contribution in [0.3, 0.4) is 0 Å². The van der Waals surface area contributed by atoms with Crippen molar-refractivity contribution in [3.05, 3.63) is 45.0 Å². The van der Waals surface area contributed by atoms with Gasteiger partial charge in [0.1, 0.15) is 16.3 Å². The van der Waals surface area contributed by atoms with Gasteiger partial charge in [-0.25, -0.2) is 9.59 Å². The van der Waals surface area contributed by atoms with Crippen molar-refractivity contribution < 1.29 is 19.1 Å². The highest BCUT2D eigenvalue weighted by molar-refractivity contribution is 8.00. The Kier molecular flexibility index (Phi) is 6.64. The Hall–Kier alpha value is -2.52. The first-order chi connectivity index (χ1) is 12.3. The van der Waals surface area contributed by atoms with Crippen LogP contribution >= 0.6 is 23.4 Å². The zero-order chi connectivity index (χ0) is 19.3. The fourth-order valence-corrected chi connectivity index (χ4v) is 3.14. The van der Waals surface area contributed by atoms with Gasteiger partial charge in [-0.15, -0.1) is 0 Å². The van der Waals surface area contributed by atoms with Gasteiger partial charge >= 0.3 is 11.7 Å². The quantitative estimate of drug-likeness (QED) is 0.437. The van der Waals surface area contributed by atoms with E-state index in [4.69, 9.17) is 21.1 Å². The molecule has 138 valence electrons. The predicted molar refractivity (Wildman–Crippen MR) is 98.3 cm³/mol. The van der Waals surface area contributed by atoms with E-state index in [0.717, 1.165) is 11.8 Å². The van der Waals surface area contributed by atoms with Gasteiger partial charge in [-0.05, 0) is 25.1 Å². The first-order valence-electron chi connectivity index (χ1n) is 7.31. The summed E-state index contributed by atoms with van der Waals surface area (Å²) < 4.78 is 9.86. The number of methoxy groups -OCH3 is 2. The minimum absolute atomic E-state index is 0.0877. The Morgan fingerprint density at radius 3 is 2.73 bits per heavy atom. The molecule has 0 unspecified atom stereocenters. The molecule has 0 atom stereocenters. The van der Waals surface area contributed by atoms with E-state index in [1.165, 1.54) is 14.2 Å². The van der Waals surface area contributed by atoms with Crippen LogP contribution in [0.4, 0.5) is 5.69 Å². The Balaban J connectivity index is 2.17. The summed E-state index contributed by atoms with van der Waals surface area (Å²) in [5.74, 6) is -0.667. The Morgan fingerprint density at radius 2 is 2.08 bits per heavy atom. The fraction of sp³-hybridized carbons (Fsp3) is 0.250. The van der Waals surface area contributed by atoms with E-state index >= 15 is 0 Å². The standard InChI is InChI=1S/C16H16ClN3O5S/c1-8-13(15(22)25-3)14(20-16(23)18-8)26-7-12(21)19-10-6-9(17)4-5-11(10)24-2/h4-6H,7H2,1-3H3,(H,19,21)(H,18,20,23). The second-order valence-electron chi connectivity index (χ2n) is 5.02. The van der Waals surface area contributed by atoms with Gasteiger partial charge in [-0.3, -0.25) is 4.79 Å². The van der Waals surface area contributed by atoms with Crippen molar-refractivity contribution in [1.29, 1.82) is 0 Å². The van der Waals surface area contributed by atoms with E-state index in [1.54, 1.807) is 25.1 Å². The van der Waals surface area contributed by atoms with Crippen LogP contribution in [0.2, 0.25) is 5.02 Å². The first kappa shape index (κ1) is 19.8. The van der Waals surface area contributed by atoms with E-state index in [9.17, 15) is 14.4 Å². The molecule has 0 aliphatic heterocycles. The number of ether oxygens (including phenoxy) is 2. The molecule has 1 aromatic carbocycles. The van der Waals surface area contributed by atoms with Gasteiger partial charge in [-0.2, -0.15) is 4.98 Å². The van der Waals surface area contributed by atoms with Gasteiger partial charge < -0.3 is 19.8 Å². The molecule has 0 saturated heterocycles. The minimum atomic E-state index is -0.648. The maximum Gasteiger partial charge on any atom is 0.346 e. The molecular formula is C16H16ClN3O5S. The second kappa shape index (κ2) is 8.72. The largest absolute Gasteiger partial charge is 0.495 e. The van der Waals surface area contributed by atoms with Crippen molar-refractivity contribution in [2.45, 2.75) is 11.9 Å². The number of carbonyl (C=O) groups is 2. The minimum Gasteiger partial charge on any atom is -0.495 e. The summed E-state index contributed by atoms with van der Waals surface area (Å²) in [5, 5.41) is 3.22. The van der Waals surface area contributed by atoms with Crippen LogP contribution in [-0.2, 0) is 9.53 Å². The number of aryl methyl sites for hydroxylation is 1. The Labute approximate surface area is 158 Å². The molecule has 1 aromatic heterocycles. The van der Waals surface area contributed by atoms with Crippen molar-refractivity contribution in [2.75, 3.05) is 25.3 Å². The average molecular weight is 398 g/mol. The zero-order valence-corrected chi connectivity index (χ0v) is 15.8. The van der Waals surface area contributed by atoms with Gasteiger partial charge in [-0.1, -0.05) is 23.4 Å². The molecule has 0 spiro atoms. The number of carbonyl (C=O) groups excluding carboxylic acids is 2. The lowest BCUT2D eigenvalue weighted by Gasteiger charge is -2.11. The molecule has 1 heterocycles. The van der Waals surface area contributed by atoms with Crippen molar-refractivity contribution >= 4 is 40.9 Å². The highest BCUT2D eigenvalue weighted by Crippen LogP contribution is 2.28. The molecule has 0 saturated carbocycles. The van der Waals surface area contributed by atoms with Crippen LogP contribution in [0, 0.1) is 6.92 Å². The molecule has 0 aliphatic carbocycles. The van der Waals surface area contributed by atoms with Crippen LogP contribution in [0.5, 0.6) is 5.75 Å². The SMILES string of the molecule is COC(=O)c1c(SCC(=O)Nc2cc(Cl)ccc2OC)nc(=O)[nH]c1C. The lowest BCUT2D eigenvalue weighted by Crippen LogP contribution is -2.20. The molecule has 26 heavy (non-hydrogen) atoms. The summed E-state index contributed by atoms with van der Waals surface area (Å²) >= 11 is 6.87. The number of hydrogen-bond donors (Lipinski definition) is 2. The van der Waals surface area contributed by atoms with Gasteiger partial charge in [0.25, 0.3) is 0 Å². The summed E-state index contributed by atoms with van der Waals surface area (Å²) in [6.07, 6.45) is 0. The number of nitrogens with one attached hydrogen (secondary N) is 2. The number of nitrogens with zero attached hydrogens (tertiary/aromatic N) is 1.